The zero-order valence-electron chi connectivity index (χ0n) is 14.8. The van der Waals surface area contributed by atoms with Crippen LogP contribution in [0.4, 0.5) is 8.78 Å². The maximum absolute atomic E-state index is 14.0. The topological polar surface area (TPSA) is 55.8 Å². The molecule has 0 bridgehead atoms. The number of benzene rings is 2. The van der Waals surface area contributed by atoms with Crippen molar-refractivity contribution in [3.05, 3.63) is 76.5 Å². The van der Waals surface area contributed by atoms with Gasteiger partial charge < -0.3 is 14.4 Å². The second-order valence-electron chi connectivity index (χ2n) is 6.05. The Bertz CT molecular complexity index is 927. The highest BCUT2D eigenvalue weighted by atomic mass is 35.5. The van der Waals surface area contributed by atoms with E-state index in [1.54, 1.807) is 24.3 Å². The number of hydrogen-bond acceptors (Lipinski definition) is 4. The Labute approximate surface area is 165 Å². The standard InChI is InChI=1S/C20H16ClF2NO4/c1-27-20(26)17(10-13-15(22)6-4-7-16(13)23)24-11-12(9-19(24)25)28-18-8-3-2-5-14(18)21/h2-9,17H,10-11H2,1H3/t17-/m0/s1. The number of amides is 1. The quantitative estimate of drug-likeness (QED) is 0.688. The van der Waals surface area contributed by atoms with Crippen LogP contribution in [0.15, 0.2) is 54.3 Å². The van der Waals surface area contributed by atoms with E-state index < -0.39 is 29.6 Å². The van der Waals surface area contributed by atoms with Gasteiger partial charge in [0.25, 0.3) is 5.91 Å². The number of hydrogen-bond donors (Lipinski definition) is 0. The van der Waals surface area contributed by atoms with Gasteiger partial charge in [-0.1, -0.05) is 29.8 Å². The van der Waals surface area contributed by atoms with Gasteiger partial charge >= 0.3 is 5.97 Å². The molecule has 0 saturated carbocycles. The summed E-state index contributed by atoms with van der Waals surface area (Å²) < 4.78 is 38.4. The second-order valence-corrected chi connectivity index (χ2v) is 6.46. The zero-order valence-corrected chi connectivity index (χ0v) is 15.6. The highest BCUT2D eigenvalue weighted by Crippen LogP contribution is 2.28. The summed E-state index contributed by atoms with van der Waals surface area (Å²) in [6, 6.07) is 8.88. The van der Waals surface area contributed by atoms with Crippen molar-refractivity contribution >= 4 is 23.5 Å². The predicted molar refractivity (Wildman–Crippen MR) is 97.7 cm³/mol. The number of halogens is 3. The molecule has 8 heteroatoms. The molecule has 1 amide bonds. The van der Waals surface area contributed by atoms with E-state index in [4.69, 9.17) is 21.1 Å². The van der Waals surface area contributed by atoms with Crippen molar-refractivity contribution in [1.82, 2.24) is 4.90 Å². The smallest absolute Gasteiger partial charge is 0.328 e. The summed E-state index contributed by atoms with van der Waals surface area (Å²) in [7, 11) is 1.14. The monoisotopic (exact) mass is 407 g/mol. The van der Waals surface area contributed by atoms with E-state index in [-0.39, 0.29) is 24.3 Å². The van der Waals surface area contributed by atoms with E-state index in [1.807, 2.05) is 0 Å². The zero-order chi connectivity index (χ0) is 20.3. The number of carbonyl (C=O) groups is 2. The van der Waals surface area contributed by atoms with Crippen LogP contribution in [0.25, 0.3) is 0 Å². The summed E-state index contributed by atoms with van der Waals surface area (Å²) in [5.41, 5.74) is -0.300. The molecule has 0 fully saturated rings. The lowest BCUT2D eigenvalue weighted by Crippen LogP contribution is -2.45. The molecule has 0 saturated heterocycles. The lowest BCUT2D eigenvalue weighted by Gasteiger charge is -2.26. The summed E-state index contributed by atoms with van der Waals surface area (Å²) in [5.74, 6) is -2.33. The third-order valence-corrected chi connectivity index (χ3v) is 4.59. The molecule has 146 valence electrons. The van der Waals surface area contributed by atoms with Crippen molar-refractivity contribution in [1.29, 1.82) is 0 Å². The lowest BCUT2D eigenvalue weighted by atomic mass is 10.0. The minimum atomic E-state index is -1.22. The normalized spacial score (nSPS) is 14.6. The molecule has 1 atom stereocenters. The summed E-state index contributed by atoms with van der Waals surface area (Å²) in [5, 5.41) is 0.354. The van der Waals surface area contributed by atoms with Gasteiger partial charge in [0.15, 0.2) is 0 Å². The van der Waals surface area contributed by atoms with E-state index in [0.717, 1.165) is 24.1 Å². The number of para-hydroxylation sites is 1. The molecule has 0 radical (unpaired) electrons. The van der Waals surface area contributed by atoms with E-state index in [0.29, 0.717) is 10.8 Å². The number of ether oxygens (including phenoxy) is 2. The number of methoxy groups -OCH3 is 1. The fourth-order valence-electron chi connectivity index (χ4n) is 2.88. The summed E-state index contributed by atoms with van der Waals surface area (Å²) in [6.07, 6.45) is 0.834. The van der Waals surface area contributed by atoms with Crippen molar-refractivity contribution in [2.45, 2.75) is 12.5 Å². The van der Waals surface area contributed by atoms with Gasteiger partial charge in [0.1, 0.15) is 29.2 Å². The molecule has 5 nitrogen and oxygen atoms in total. The molecular weight excluding hydrogens is 392 g/mol. The number of nitrogens with zero attached hydrogens (tertiary/aromatic N) is 1. The summed E-state index contributed by atoms with van der Waals surface area (Å²) in [6.45, 7) is -0.0695. The molecule has 1 aliphatic rings. The fraction of sp³-hybridized carbons (Fsp3) is 0.200. The van der Waals surface area contributed by atoms with Gasteiger partial charge in [-0.2, -0.15) is 0 Å². The summed E-state index contributed by atoms with van der Waals surface area (Å²) >= 11 is 6.04. The van der Waals surface area contributed by atoms with Gasteiger partial charge in [-0.3, -0.25) is 4.79 Å². The third kappa shape index (κ3) is 4.14. The lowest BCUT2D eigenvalue weighted by molar-refractivity contribution is -0.150. The van der Waals surface area contributed by atoms with Gasteiger partial charge in [-0.15, -0.1) is 0 Å². The molecule has 0 spiro atoms. The highest BCUT2D eigenvalue weighted by Gasteiger charge is 2.36. The van der Waals surface area contributed by atoms with Crippen LogP contribution in [0.3, 0.4) is 0 Å². The van der Waals surface area contributed by atoms with Crippen LogP contribution in [0.1, 0.15) is 5.56 Å². The molecule has 1 heterocycles. The fourth-order valence-corrected chi connectivity index (χ4v) is 3.06. The van der Waals surface area contributed by atoms with E-state index in [9.17, 15) is 18.4 Å². The minimum Gasteiger partial charge on any atom is -0.467 e. The Morgan fingerprint density at radius 2 is 1.86 bits per heavy atom. The van der Waals surface area contributed by atoms with Crippen LogP contribution in [-0.2, 0) is 20.7 Å². The molecule has 28 heavy (non-hydrogen) atoms. The average molecular weight is 408 g/mol. The first-order valence-corrected chi connectivity index (χ1v) is 8.72. The van der Waals surface area contributed by atoms with Gasteiger partial charge in [0, 0.05) is 18.1 Å². The molecular formula is C20H16ClF2NO4. The van der Waals surface area contributed by atoms with Gasteiger partial charge in [0.2, 0.25) is 0 Å². The number of rotatable bonds is 6. The van der Waals surface area contributed by atoms with Crippen molar-refractivity contribution in [3.8, 4) is 5.75 Å². The molecule has 1 aliphatic heterocycles. The van der Waals surface area contributed by atoms with E-state index in [1.165, 1.54) is 12.1 Å². The highest BCUT2D eigenvalue weighted by molar-refractivity contribution is 6.32. The minimum absolute atomic E-state index is 0.0695. The van der Waals surface area contributed by atoms with Gasteiger partial charge in [-0.05, 0) is 24.3 Å². The van der Waals surface area contributed by atoms with Crippen molar-refractivity contribution in [2.24, 2.45) is 0 Å². The Morgan fingerprint density at radius 1 is 1.18 bits per heavy atom. The molecule has 0 N–H and O–H groups in total. The first kappa shape index (κ1) is 19.8. The summed E-state index contributed by atoms with van der Waals surface area (Å²) in [4.78, 5) is 25.8. The molecule has 2 aromatic rings. The first-order chi connectivity index (χ1) is 13.4. The molecule has 0 unspecified atom stereocenters. The Morgan fingerprint density at radius 3 is 2.50 bits per heavy atom. The predicted octanol–water partition coefficient (Wildman–Crippen LogP) is 3.51. The van der Waals surface area contributed by atoms with Crippen LogP contribution in [0, 0.1) is 11.6 Å². The van der Waals surface area contributed by atoms with Crippen LogP contribution in [-0.4, -0.2) is 36.5 Å². The Balaban J connectivity index is 1.81. The van der Waals surface area contributed by atoms with E-state index in [2.05, 4.69) is 0 Å². The number of esters is 1. The number of carbonyl (C=O) groups excluding carboxylic acids is 2. The Hall–Kier alpha value is -2.93. The average Bonchev–Trinajstić information content (AvgIpc) is 3.03. The van der Waals surface area contributed by atoms with Crippen molar-refractivity contribution in [3.63, 3.8) is 0 Å². The maximum Gasteiger partial charge on any atom is 0.328 e. The van der Waals surface area contributed by atoms with Crippen LogP contribution < -0.4 is 4.74 Å². The maximum atomic E-state index is 14.0. The third-order valence-electron chi connectivity index (χ3n) is 4.28. The van der Waals surface area contributed by atoms with Crippen molar-refractivity contribution in [2.75, 3.05) is 13.7 Å². The Kier molecular flexibility index (Phi) is 5.94. The van der Waals surface area contributed by atoms with Gasteiger partial charge in [-0.25, -0.2) is 13.6 Å². The largest absolute Gasteiger partial charge is 0.467 e. The van der Waals surface area contributed by atoms with Crippen molar-refractivity contribution < 1.29 is 27.8 Å². The molecule has 3 rings (SSSR count). The molecule has 2 aromatic carbocycles. The van der Waals surface area contributed by atoms with Gasteiger partial charge in [0.05, 0.1) is 18.7 Å². The molecule has 0 aromatic heterocycles. The second kappa shape index (κ2) is 8.39. The van der Waals surface area contributed by atoms with Crippen LogP contribution in [0.5, 0.6) is 5.75 Å². The van der Waals surface area contributed by atoms with Crippen LogP contribution in [0.2, 0.25) is 5.02 Å². The SMILES string of the molecule is COC(=O)[C@H](Cc1c(F)cccc1F)N1CC(Oc2ccccc2Cl)=CC1=O. The first-order valence-electron chi connectivity index (χ1n) is 8.35. The molecule has 0 aliphatic carbocycles. The van der Waals surface area contributed by atoms with E-state index >= 15 is 0 Å². The van der Waals surface area contributed by atoms with Crippen LogP contribution >= 0.6 is 11.6 Å².